The summed E-state index contributed by atoms with van der Waals surface area (Å²) in [5.41, 5.74) is 0. The number of rotatable bonds is 4. The maximum atomic E-state index is 12.1. The Morgan fingerprint density at radius 2 is 1.82 bits per heavy atom. The van der Waals surface area contributed by atoms with Gasteiger partial charge in [-0.1, -0.05) is 19.8 Å². The highest BCUT2D eigenvalue weighted by Gasteiger charge is 2.46. The molecule has 2 aliphatic rings. The molecule has 122 valence electrons. The van der Waals surface area contributed by atoms with Crippen LogP contribution in [0.3, 0.4) is 0 Å². The minimum atomic E-state index is -0.925. The van der Waals surface area contributed by atoms with Crippen LogP contribution in [0.15, 0.2) is 0 Å². The summed E-state index contributed by atoms with van der Waals surface area (Å²) in [7, 11) is 0. The first-order chi connectivity index (χ1) is 10.3. The zero-order chi connectivity index (χ0) is 16.4. The fourth-order valence-corrected chi connectivity index (χ4v) is 3.04. The molecule has 1 aliphatic heterocycles. The Morgan fingerprint density at radius 3 is 2.36 bits per heavy atom. The Bertz CT molecular complexity index is 503. The summed E-state index contributed by atoms with van der Waals surface area (Å²) in [4.78, 5) is 49.4. The number of nitrogens with one attached hydrogen (secondary N) is 1. The molecule has 1 saturated heterocycles. The summed E-state index contributed by atoms with van der Waals surface area (Å²) in [6.07, 6.45) is 4.20. The molecular weight excluding hydrogens is 286 g/mol. The number of amides is 5. The average Bonchev–Trinajstić information content (AvgIpc) is 2.65. The van der Waals surface area contributed by atoms with Crippen molar-refractivity contribution in [2.45, 2.75) is 58.5 Å². The molecule has 0 bridgehead atoms. The normalized spacial score (nSPS) is 26.1. The van der Waals surface area contributed by atoms with E-state index < -0.39 is 30.4 Å². The molecule has 0 radical (unpaired) electrons. The zero-order valence-corrected chi connectivity index (χ0v) is 13.3. The average molecular weight is 309 g/mol. The first-order valence-electron chi connectivity index (χ1n) is 7.81. The lowest BCUT2D eigenvalue weighted by atomic mass is 9.86. The van der Waals surface area contributed by atoms with Gasteiger partial charge in [0.1, 0.15) is 6.54 Å². The summed E-state index contributed by atoms with van der Waals surface area (Å²) < 4.78 is 0. The van der Waals surface area contributed by atoms with E-state index in [2.05, 4.69) is 12.2 Å². The van der Waals surface area contributed by atoms with Crippen molar-refractivity contribution >= 4 is 23.8 Å². The molecule has 1 aliphatic carbocycles. The van der Waals surface area contributed by atoms with Gasteiger partial charge in [0.2, 0.25) is 5.91 Å². The van der Waals surface area contributed by atoms with E-state index >= 15 is 0 Å². The fraction of sp³-hybridized carbons (Fsp3) is 0.733. The van der Waals surface area contributed by atoms with Gasteiger partial charge in [0.05, 0.1) is 0 Å². The molecule has 0 aromatic rings. The van der Waals surface area contributed by atoms with Crippen LogP contribution in [-0.4, -0.2) is 52.2 Å². The predicted molar refractivity (Wildman–Crippen MR) is 78.7 cm³/mol. The minimum Gasteiger partial charge on any atom is -0.352 e. The number of nitrogens with zero attached hydrogens (tertiary/aromatic N) is 2. The Balaban J connectivity index is 1.98. The lowest BCUT2D eigenvalue weighted by molar-refractivity contribution is -0.144. The Hall–Kier alpha value is -1.92. The standard InChI is InChI=1S/C15H23N3O4/c1-9(2)18-14(21)13(20)17(15(18)22)8-12(19)16-11-7-5-4-6-10(11)3/h9-11H,4-8H2,1-3H3,(H,16,19)/t10-,11-/m1/s1. The first kappa shape index (κ1) is 16.5. The van der Waals surface area contributed by atoms with E-state index in [1.807, 2.05) is 0 Å². The van der Waals surface area contributed by atoms with Crippen molar-refractivity contribution in [1.29, 1.82) is 0 Å². The zero-order valence-electron chi connectivity index (χ0n) is 13.3. The van der Waals surface area contributed by atoms with Gasteiger partial charge in [-0.3, -0.25) is 19.3 Å². The van der Waals surface area contributed by atoms with Gasteiger partial charge < -0.3 is 5.32 Å². The maximum Gasteiger partial charge on any atom is 0.334 e. The van der Waals surface area contributed by atoms with Gasteiger partial charge in [-0.25, -0.2) is 9.69 Å². The first-order valence-corrected chi connectivity index (χ1v) is 7.81. The van der Waals surface area contributed by atoms with E-state index in [4.69, 9.17) is 0 Å². The Labute approximate surface area is 130 Å². The van der Waals surface area contributed by atoms with Gasteiger partial charge in [-0.2, -0.15) is 0 Å². The summed E-state index contributed by atoms with van der Waals surface area (Å²) in [6, 6.07) is -1.04. The van der Waals surface area contributed by atoms with Crippen molar-refractivity contribution in [3.8, 4) is 0 Å². The molecular formula is C15H23N3O4. The van der Waals surface area contributed by atoms with E-state index in [1.165, 1.54) is 0 Å². The third kappa shape index (κ3) is 3.13. The van der Waals surface area contributed by atoms with Gasteiger partial charge in [0.25, 0.3) is 0 Å². The van der Waals surface area contributed by atoms with Crippen molar-refractivity contribution in [1.82, 2.24) is 15.1 Å². The number of hydrogen-bond donors (Lipinski definition) is 1. The molecule has 5 amide bonds. The van der Waals surface area contributed by atoms with Crippen molar-refractivity contribution in [3.05, 3.63) is 0 Å². The lowest BCUT2D eigenvalue weighted by Crippen LogP contribution is -2.47. The molecule has 0 aromatic carbocycles. The Morgan fingerprint density at radius 1 is 1.18 bits per heavy atom. The lowest BCUT2D eigenvalue weighted by Gasteiger charge is -2.29. The van der Waals surface area contributed by atoms with E-state index in [-0.39, 0.29) is 11.9 Å². The second kappa shape index (κ2) is 6.46. The highest BCUT2D eigenvalue weighted by molar-refractivity contribution is 6.45. The van der Waals surface area contributed by atoms with E-state index in [0.29, 0.717) is 5.92 Å². The molecule has 0 aromatic heterocycles. The largest absolute Gasteiger partial charge is 0.352 e. The van der Waals surface area contributed by atoms with E-state index in [0.717, 1.165) is 35.5 Å². The van der Waals surface area contributed by atoms with Crippen molar-refractivity contribution in [2.24, 2.45) is 5.92 Å². The topological polar surface area (TPSA) is 86.8 Å². The van der Waals surface area contributed by atoms with Crippen LogP contribution >= 0.6 is 0 Å². The minimum absolute atomic E-state index is 0.0750. The van der Waals surface area contributed by atoms with Crippen LogP contribution in [0.4, 0.5) is 4.79 Å². The predicted octanol–water partition coefficient (Wildman–Crippen LogP) is 0.880. The molecule has 7 heteroatoms. The summed E-state index contributed by atoms with van der Waals surface area (Å²) in [6.45, 7) is 4.99. The van der Waals surface area contributed by atoms with Crippen LogP contribution in [0.2, 0.25) is 0 Å². The number of urea groups is 1. The number of carbonyl (C=O) groups is 4. The molecule has 1 heterocycles. The third-order valence-corrected chi connectivity index (χ3v) is 4.36. The third-order valence-electron chi connectivity index (χ3n) is 4.36. The second-order valence-corrected chi connectivity index (χ2v) is 6.38. The highest BCUT2D eigenvalue weighted by Crippen LogP contribution is 2.23. The SMILES string of the molecule is CC(C)N1C(=O)C(=O)N(CC(=O)N[C@@H]2CCCC[C@H]2C)C1=O. The smallest absolute Gasteiger partial charge is 0.334 e. The van der Waals surface area contributed by atoms with Crippen LogP contribution in [0.25, 0.3) is 0 Å². The highest BCUT2D eigenvalue weighted by atomic mass is 16.2. The van der Waals surface area contributed by atoms with Gasteiger partial charge in [0, 0.05) is 12.1 Å². The van der Waals surface area contributed by atoms with Crippen LogP contribution in [0.1, 0.15) is 46.5 Å². The fourth-order valence-electron chi connectivity index (χ4n) is 3.04. The molecule has 7 nitrogen and oxygen atoms in total. The number of imide groups is 2. The van der Waals surface area contributed by atoms with Crippen molar-refractivity contribution < 1.29 is 19.2 Å². The summed E-state index contributed by atoms with van der Waals surface area (Å²) in [5, 5.41) is 2.88. The molecule has 22 heavy (non-hydrogen) atoms. The van der Waals surface area contributed by atoms with Gasteiger partial charge in [-0.15, -0.1) is 0 Å². The Kier molecular flexibility index (Phi) is 4.83. The maximum absolute atomic E-state index is 12.1. The second-order valence-electron chi connectivity index (χ2n) is 6.38. The quantitative estimate of drug-likeness (QED) is 0.617. The van der Waals surface area contributed by atoms with Gasteiger partial charge >= 0.3 is 17.8 Å². The molecule has 2 atom stereocenters. The van der Waals surface area contributed by atoms with E-state index in [9.17, 15) is 19.2 Å². The molecule has 0 spiro atoms. The van der Waals surface area contributed by atoms with Gasteiger partial charge in [0.15, 0.2) is 0 Å². The molecule has 1 saturated carbocycles. The van der Waals surface area contributed by atoms with Crippen LogP contribution in [0, 0.1) is 5.92 Å². The van der Waals surface area contributed by atoms with Crippen LogP contribution in [-0.2, 0) is 14.4 Å². The molecule has 2 fully saturated rings. The van der Waals surface area contributed by atoms with Gasteiger partial charge in [-0.05, 0) is 32.6 Å². The number of carbonyl (C=O) groups excluding carboxylic acids is 4. The number of hydrogen-bond acceptors (Lipinski definition) is 4. The summed E-state index contributed by atoms with van der Waals surface area (Å²) in [5.74, 6) is -1.79. The monoisotopic (exact) mass is 309 g/mol. The molecule has 2 rings (SSSR count). The van der Waals surface area contributed by atoms with E-state index in [1.54, 1.807) is 13.8 Å². The van der Waals surface area contributed by atoms with Crippen LogP contribution in [0.5, 0.6) is 0 Å². The van der Waals surface area contributed by atoms with Crippen molar-refractivity contribution in [2.75, 3.05) is 6.54 Å². The molecule has 1 N–H and O–H groups in total. The van der Waals surface area contributed by atoms with Crippen LogP contribution < -0.4 is 5.32 Å². The molecule has 0 unspecified atom stereocenters. The summed E-state index contributed by atoms with van der Waals surface area (Å²) >= 11 is 0. The van der Waals surface area contributed by atoms with Crippen molar-refractivity contribution in [3.63, 3.8) is 0 Å².